The van der Waals surface area contributed by atoms with E-state index in [4.69, 9.17) is 16.3 Å². The molecule has 1 N–H and O–H groups in total. The van der Waals surface area contributed by atoms with E-state index in [0.717, 1.165) is 0 Å². The zero-order valence-corrected chi connectivity index (χ0v) is 11.5. The Hall–Kier alpha value is -1.65. The Morgan fingerprint density at radius 2 is 2.00 bits per heavy atom. The largest absolute Gasteiger partial charge is 0.436 e. The summed E-state index contributed by atoms with van der Waals surface area (Å²) in [7, 11) is 0. The first-order chi connectivity index (χ1) is 9.72. The van der Waals surface area contributed by atoms with E-state index in [1.807, 2.05) is 0 Å². The highest BCUT2D eigenvalue weighted by molar-refractivity contribution is 6.30. The Bertz CT molecular complexity index is 599. The van der Waals surface area contributed by atoms with Crippen molar-refractivity contribution in [2.24, 2.45) is 0 Å². The SMILES string of the molecule is Fc1c(CNC2CC2)ccnc1Oc1ccc(Cl)cc1. The zero-order chi connectivity index (χ0) is 13.9. The van der Waals surface area contributed by atoms with Crippen molar-refractivity contribution in [1.29, 1.82) is 0 Å². The number of nitrogens with one attached hydrogen (secondary N) is 1. The van der Waals surface area contributed by atoms with E-state index >= 15 is 0 Å². The highest BCUT2D eigenvalue weighted by atomic mass is 35.5. The molecular weight excluding hydrogens is 279 g/mol. The number of halogens is 2. The fraction of sp³-hybridized carbons (Fsp3) is 0.267. The van der Waals surface area contributed by atoms with Crippen LogP contribution in [0.3, 0.4) is 0 Å². The molecule has 0 aliphatic heterocycles. The van der Waals surface area contributed by atoms with Crippen LogP contribution in [0.5, 0.6) is 11.6 Å². The minimum atomic E-state index is -0.421. The lowest BCUT2D eigenvalue weighted by atomic mass is 10.2. The minimum Gasteiger partial charge on any atom is -0.436 e. The Kier molecular flexibility index (Phi) is 3.85. The van der Waals surface area contributed by atoms with E-state index in [9.17, 15) is 4.39 Å². The van der Waals surface area contributed by atoms with Crippen molar-refractivity contribution in [1.82, 2.24) is 10.3 Å². The first-order valence-electron chi connectivity index (χ1n) is 6.52. The summed E-state index contributed by atoms with van der Waals surface area (Å²) in [6, 6.07) is 8.93. The third-order valence-corrected chi connectivity index (χ3v) is 3.38. The van der Waals surface area contributed by atoms with E-state index in [-0.39, 0.29) is 5.88 Å². The molecule has 1 fully saturated rings. The van der Waals surface area contributed by atoms with Crippen LogP contribution in [0.15, 0.2) is 36.5 Å². The van der Waals surface area contributed by atoms with Gasteiger partial charge < -0.3 is 10.1 Å². The molecule has 0 unspecified atom stereocenters. The summed E-state index contributed by atoms with van der Waals surface area (Å²) in [6.07, 6.45) is 3.89. The van der Waals surface area contributed by atoms with Crippen LogP contribution in [0.1, 0.15) is 18.4 Å². The molecule has 1 saturated carbocycles. The molecule has 5 heteroatoms. The quantitative estimate of drug-likeness (QED) is 0.907. The molecule has 0 spiro atoms. The van der Waals surface area contributed by atoms with Gasteiger partial charge in [0.25, 0.3) is 5.88 Å². The predicted octanol–water partition coefficient (Wildman–Crippen LogP) is 3.92. The molecule has 0 saturated heterocycles. The Morgan fingerprint density at radius 3 is 2.70 bits per heavy atom. The summed E-state index contributed by atoms with van der Waals surface area (Å²) in [5.74, 6) is 0.0751. The van der Waals surface area contributed by atoms with Crippen LogP contribution in [0.25, 0.3) is 0 Å². The molecule has 20 heavy (non-hydrogen) atoms. The van der Waals surface area contributed by atoms with Crippen LogP contribution >= 0.6 is 11.6 Å². The number of nitrogens with zero attached hydrogens (tertiary/aromatic N) is 1. The van der Waals surface area contributed by atoms with Crippen LogP contribution in [0.2, 0.25) is 5.02 Å². The number of aromatic nitrogens is 1. The Balaban J connectivity index is 1.74. The fourth-order valence-corrected chi connectivity index (χ4v) is 1.95. The Morgan fingerprint density at radius 1 is 1.25 bits per heavy atom. The summed E-state index contributed by atoms with van der Waals surface area (Å²) in [4.78, 5) is 3.94. The number of rotatable bonds is 5. The van der Waals surface area contributed by atoms with E-state index in [2.05, 4.69) is 10.3 Å². The van der Waals surface area contributed by atoms with Gasteiger partial charge in [0.05, 0.1) is 0 Å². The van der Waals surface area contributed by atoms with Gasteiger partial charge in [0.1, 0.15) is 5.75 Å². The standard InChI is InChI=1S/C15H14ClFN2O/c16-11-1-5-13(6-2-11)20-15-14(17)10(7-8-18-15)9-19-12-3-4-12/h1-2,5-8,12,19H,3-4,9H2. The third-order valence-electron chi connectivity index (χ3n) is 3.12. The summed E-state index contributed by atoms with van der Waals surface area (Å²) in [6.45, 7) is 0.496. The van der Waals surface area contributed by atoms with E-state index < -0.39 is 5.82 Å². The van der Waals surface area contributed by atoms with Crippen LogP contribution in [0, 0.1) is 5.82 Å². The van der Waals surface area contributed by atoms with Gasteiger partial charge in [0.15, 0.2) is 5.82 Å². The van der Waals surface area contributed by atoms with Crippen molar-refractivity contribution >= 4 is 11.6 Å². The lowest BCUT2D eigenvalue weighted by molar-refractivity contribution is 0.417. The van der Waals surface area contributed by atoms with Crippen LogP contribution in [-0.2, 0) is 6.54 Å². The highest BCUT2D eigenvalue weighted by Gasteiger charge is 2.21. The number of pyridine rings is 1. The smallest absolute Gasteiger partial charge is 0.256 e. The number of ether oxygens (including phenoxy) is 1. The molecule has 1 heterocycles. The Labute approximate surface area is 121 Å². The van der Waals surface area contributed by atoms with Crippen LogP contribution in [-0.4, -0.2) is 11.0 Å². The first-order valence-corrected chi connectivity index (χ1v) is 6.90. The molecule has 0 bridgehead atoms. The third kappa shape index (κ3) is 3.26. The monoisotopic (exact) mass is 292 g/mol. The van der Waals surface area contributed by atoms with Gasteiger partial charge in [-0.05, 0) is 43.2 Å². The van der Waals surface area contributed by atoms with Crippen LogP contribution in [0.4, 0.5) is 4.39 Å². The zero-order valence-electron chi connectivity index (χ0n) is 10.8. The van der Waals surface area contributed by atoms with Gasteiger partial charge in [-0.2, -0.15) is 0 Å². The van der Waals surface area contributed by atoms with Crippen molar-refractivity contribution < 1.29 is 9.13 Å². The summed E-state index contributed by atoms with van der Waals surface area (Å²) < 4.78 is 19.7. The fourth-order valence-electron chi connectivity index (χ4n) is 1.83. The highest BCUT2D eigenvalue weighted by Crippen LogP contribution is 2.26. The predicted molar refractivity (Wildman–Crippen MR) is 75.6 cm³/mol. The molecule has 3 nitrogen and oxygen atoms in total. The maximum absolute atomic E-state index is 14.3. The van der Waals surface area contributed by atoms with Crippen molar-refractivity contribution in [2.45, 2.75) is 25.4 Å². The molecule has 1 aromatic carbocycles. The van der Waals surface area contributed by atoms with Gasteiger partial charge in [-0.25, -0.2) is 9.37 Å². The summed E-state index contributed by atoms with van der Waals surface area (Å²) in [5.41, 5.74) is 0.566. The number of benzene rings is 1. The minimum absolute atomic E-state index is 0.0116. The normalized spacial score (nSPS) is 14.3. The van der Waals surface area contributed by atoms with Crippen molar-refractivity contribution in [3.05, 3.63) is 52.9 Å². The second-order valence-corrected chi connectivity index (χ2v) is 5.24. The molecule has 1 aliphatic rings. The molecule has 0 radical (unpaired) electrons. The van der Waals surface area contributed by atoms with Gasteiger partial charge >= 0.3 is 0 Å². The summed E-state index contributed by atoms with van der Waals surface area (Å²) >= 11 is 5.79. The van der Waals surface area contributed by atoms with Crippen LogP contribution < -0.4 is 10.1 Å². The average molecular weight is 293 g/mol. The van der Waals surface area contributed by atoms with Gasteiger partial charge in [-0.3, -0.25) is 0 Å². The van der Waals surface area contributed by atoms with E-state index in [0.29, 0.717) is 28.9 Å². The first kappa shape index (κ1) is 13.3. The molecule has 1 aromatic heterocycles. The van der Waals surface area contributed by atoms with Gasteiger partial charge in [0, 0.05) is 29.4 Å². The topological polar surface area (TPSA) is 34.2 Å². The second kappa shape index (κ2) is 5.77. The van der Waals surface area contributed by atoms with Crippen molar-refractivity contribution in [3.8, 4) is 11.6 Å². The molecule has 2 aromatic rings. The average Bonchev–Trinajstić information content (AvgIpc) is 3.26. The number of hydrogen-bond donors (Lipinski definition) is 1. The number of hydrogen-bond acceptors (Lipinski definition) is 3. The molecule has 1 aliphatic carbocycles. The molecule has 0 atom stereocenters. The maximum atomic E-state index is 14.3. The molecule has 3 rings (SSSR count). The van der Waals surface area contributed by atoms with Crippen molar-refractivity contribution in [2.75, 3.05) is 0 Å². The molecule has 0 amide bonds. The maximum Gasteiger partial charge on any atom is 0.256 e. The lowest BCUT2D eigenvalue weighted by Gasteiger charge is -2.09. The van der Waals surface area contributed by atoms with Gasteiger partial charge in [0.2, 0.25) is 0 Å². The molecule has 104 valence electrons. The van der Waals surface area contributed by atoms with Crippen molar-refractivity contribution in [3.63, 3.8) is 0 Å². The lowest BCUT2D eigenvalue weighted by Crippen LogP contribution is -2.16. The second-order valence-electron chi connectivity index (χ2n) is 4.80. The molecular formula is C15H14ClFN2O. The van der Waals surface area contributed by atoms with E-state index in [1.54, 1.807) is 36.5 Å². The summed E-state index contributed by atoms with van der Waals surface area (Å²) in [5, 5.41) is 3.88. The van der Waals surface area contributed by atoms with E-state index in [1.165, 1.54) is 12.8 Å². The van der Waals surface area contributed by atoms with Gasteiger partial charge in [-0.1, -0.05) is 11.6 Å². The van der Waals surface area contributed by atoms with Gasteiger partial charge in [-0.15, -0.1) is 0 Å².